The van der Waals surface area contributed by atoms with Crippen molar-refractivity contribution in [2.24, 2.45) is 5.92 Å². The average molecular weight is 230 g/mol. The molecule has 0 amide bonds. The maximum atomic E-state index is 5.90. The van der Waals surface area contributed by atoms with E-state index in [0.717, 1.165) is 16.8 Å². The first-order valence-corrected chi connectivity index (χ1v) is 6.40. The van der Waals surface area contributed by atoms with Crippen molar-refractivity contribution in [1.82, 2.24) is 4.90 Å². The van der Waals surface area contributed by atoms with E-state index in [2.05, 4.69) is 17.9 Å². The molecule has 0 N–H and O–H groups in total. The predicted octanol–water partition coefficient (Wildman–Crippen LogP) is 3.63. The lowest BCUT2D eigenvalue weighted by Gasteiger charge is -2.29. The molecule has 0 radical (unpaired) electrons. The zero-order valence-corrected chi connectivity index (χ0v) is 10.1. The van der Waals surface area contributed by atoms with E-state index in [4.69, 9.17) is 11.6 Å². The van der Waals surface area contributed by atoms with Crippen molar-refractivity contribution in [3.05, 3.63) is 21.3 Å². The van der Waals surface area contributed by atoms with Gasteiger partial charge in [-0.1, -0.05) is 18.5 Å². The van der Waals surface area contributed by atoms with Crippen LogP contribution in [0.4, 0.5) is 0 Å². The molecule has 2 rings (SSSR count). The summed E-state index contributed by atoms with van der Waals surface area (Å²) in [5.41, 5.74) is 0. The van der Waals surface area contributed by atoms with Crippen LogP contribution < -0.4 is 0 Å². The monoisotopic (exact) mass is 229 g/mol. The summed E-state index contributed by atoms with van der Waals surface area (Å²) in [5, 5.41) is 0. The highest BCUT2D eigenvalue weighted by Gasteiger charge is 2.15. The lowest BCUT2D eigenvalue weighted by molar-refractivity contribution is 0.186. The quantitative estimate of drug-likeness (QED) is 0.749. The predicted molar refractivity (Wildman–Crippen MR) is 63.0 cm³/mol. The van der Waals surface area contributed by atoms with Crippen molar-refractivity contribution in [3.8, 4) is 0 Å². The SMILES string of the molecule is CC1CCN(Cc2ccc(Cl)s2)CC1. The molecule has 14 heavy (non-hydrogen) atoms. The van der Waals surface area contributed by atoms with Gasteiger partial charge in [0.25, 0.3) is 0 Å². The molecule has 1 saturated heterocycles. The smallest absolute Gasteiger partial charge is 0.0931 e. The van der Waals surface area contributed by atoms with Crippen molar-refractivity contribution in [2.45, 2.75) is 26.3 Å². The maximum absolute atomic E-state index is 5.90. The first-order chi connectivity index (χ1) is 6.74. The maximum Gasteiger partial charge on any atom is 0.0931 e. The van der Waals surface area contributed by atoms with Gasteiger partial charge in [0.05, 0.1) is 4.34 Å². The Balaban J connectivity index is 1.86. The van der Waals surface area contributed by atoms with Crippen molar-refractivity contribution < 1.29 is 0 Å². The fourth-order valence-corrected chi connectivity index (χ4v) is 3.01. The van der Waals surface area contributed by atoms with Crippen LogP contribution in [-0.2, 0) is 6.54 Å². The Kier molecular flexibility index (Phi) is 3.47. The molecule has 0 unspecified atom stereocenters. The third kappa shape index (κ3) is 2.72. The van der Waals surface area contributed by atoms with Gasteiger partial charge in [-0.3, -0.25) is 4.90 Å². The summed E-state index contributed by atoms with van der Waals surface area (Å²) in [6.07, 6.45) is 2.69. The van der Waals surface area contributed by atoms with Crippen molar-refractivity contribution >= 4 is 22.9 Å². The number of hydrogen-bond donors (Lipinski definition) is 0. The Hall–Kier alpha value is -0.0500. The molecule has 1 aromatic rings. The Labute approximate surface area is 94.7 Å². The number of piperidine rings is 1. The average Bonchev–Trinajstić information content (AvgIpc) is 2.56. The van der Waals surface area contributed by atoms with Gasteiger partial charge in [-0.2, -0.15) is 0 Å². The Morgan fingerprint density at radius 3 is 2.71 bits per heavy atom. The van der Waals surface area contributed by atoms with Gasteiger partial charge in [0.15, 0.2) is 0 Å². The molecule has 2 heterocycles. The summed E-state index contributed by atoms with van der Waals surface area (Å²) >= 11 is 7.61. The van der Waals surface area contributed by atoms with Crippen LogP contribution in [0.25, 0.3) is 0 Å². The minimum absolute atomic E-state index is 0.908. The Morgan fingerprint density at radius 2 is 2.14 bits per heavy atom. The van der Waals surface area contributed by atoms with E-state index < -0.39 is 0 Å². The van der Waals surface area contributed by atoms with E-state index in [1.807, 2.05) is 6.07 Å². The van der Waals surface area contributed by atoms with Gasteiger partial charge < -0.3 is 0 Å². The standard InChI is InChI=1S/C11H16ClNS/c1-9-4-6-13(7-5-9)8-10-2-3-11(12)14-10/h2-3,9H,4-8H2,1H3. The van der Waals surface area contributed by atoms with Gasteiger partial charge in [0.1, 0.15) is 0 Å². The lowest BCUT2D eigenvalue weighted by atomic mass is 9.99. The van der Waals surface area contributed by atoms with Crippen LogP contribution in [-0.4, -0.2) is 18.0 Å². The second kappa shape index (κ2) is 4.65. The number of hydrogen-bond acceptors (Lipinski definition) is 2. The normalized spacial score (nSPS) is 20.1. The third-order valence-corrected chi connectivity index (χ3v) is 4.10. The molecular weight excluding hydrogens is 214 g/mol. The summed E-state index contributed by atoms with van der Waals surface area (Å²) in [6, 6.07) is 4.14. The van der Waals surface area contributed by atoms with Crippen LogP contribution in [0.1, 0.15) is 24.6 Å². The summed E-state index contributed by atoms with van der Waals surface area (Å²) < 4.78 is 0.908. The Bertz CT molecular complexity index is 289. The lowest BCUT2D eigenvalue weighted by Crippen LogP contribution is -2.32. The molecule has 0 aliphatic carbocycles. The number of thiophene rings is 1. The second-order valence-electron chi connectivity index (χ2n) is 4.16. The fraction of sp³-hybridized carbons (Fsp3) is 0.636. The first kappa shape index (κ1) is 10.5. The van der Waals surface area contributed by atoms with Gasteiger partial charge in [-0.25, -0.2) is 0 Å². The minimum Gasteiger partial charge on any atom is -0.298 e. The van der Waals surface area contributed by atoms with Gasteiger partial charge >= 0.3 is 0 Å². The van der Waals surface area contributed by atoms with Crippen molar-refractivity contribution in [2.75, 3.05) is 13.1 Å². The minimum atomic E-state index is 0.908. The van der Waals surface area contributed by atoms with E-state index in [1.54, 1.807) is 11.3 Å². The molecule has 1 fully saturated rings. The molecule has 0 spiro atoms. The molecule has 1 aliphatic heterocycles. The zero-order chi connectivity index (χ0) is 9.97. The second-order valence-corrected chi connectivity index (χ2v) is 5.96. The molecule has 0 atom stereocenters. The highest BCUT2D eigenvalue weighted by Crippen LogP contribution is 2.24. The molecule has 0 saturated carbocycles. The highest BCUT2D eigenvalue weighted by molar-refractivity contribution is 7.16. The number of nitrogens with zero attached hydrogens (tertiary/aromatic N) is 1. The van der Waals surface area contributed by atoms with Crippen LogP contribution in [0.5, 0.6) is 0 Å². The van der Waals surface area contributed by atoms with Crippen LogP contribution >= 0.6 is 22.9 Å². The Morgan fingerprint density at radius 1 is 1.43 bits per heavy atom. The zero-order valence-electron chi connectivity index (χ0n) is 8.50. The van der Waals surface area contributed by atoms with E-state index in [1.165, 1.54) is 30.8 Å². The van der Waals surface area contributed by atoms with Gasteiger partial charge in [-0.05, 0) is 44.0 Å². The van der Waals surface area contributed by atoms with Crippen molar-refractivity contribution in [3.63, 3.8) is 0 Å². The van der Waals surface area contributed by atoms with E-state index in [9.17, 15) is 0 Å². The molecular formula is C11H16ClNS. The number of rotatable bonds is 2. The van der Waals surface area contributed by atoms with E-state index >= 15 is 0 Å². The van der Waals surface area contributed by atoms with Crippen molar-refractivity contribution in [1.29, 1.82) is 0 Å². The summed E-state index contributed by atoms with van der Waals surface area (Å²) in [7, 11) is 0. The summed E-state index contributed by atoms with van der Waals surface area (Å²) in [5.74, 6) is 0.915. The number of halogens is 1. The molecule has 1 aliphatic rings. The van der Waals surface area contributed by atoms with Crippen LogP contribution in [0.2, 0.25) is 4.34 Å². The molecule has 78 valence electrons. The van der Waals surface area contributed by atoms with Crippen LogP contribution in [0, 0.1) is 5.92 Å². The summed E-state index contributed by atoms with van der Waals surface area (Å²) in [6.45, 7) is 5.93. The van der Waals surface area contributed by atoms with E-state index in [-0.39, 0.29) is 0 Å². The van der Waals surface area contributed by atoms with Crippen LogP contribution in [0.15, 0.2) is 12.1 Å². The van der Waals surface area contributed by atoms with Gasteiger partial charge in [-0.15, -0.1) is 11.3 Å². The molecule has 1 aromatic heterocycles. The summed E-state index contributed by atoms with van der Waals surface area (Å²) in [4.78, 5) is 3.92. The fourth-order valence-electron chi connectivity index (χ4n) is 1.88. The molecule has 0 aromatic carbocycles. The molecule has 0 bridgehead atoms. The number of likely N-dealkylation sites (tertiary alicyclic amines) is 1. The van der Waals surface area contributed by atoms with Gasteiger partial charge in [0.2, 0.25) is 0 Å². The van der Waals surface area contributed by atoms with Gasteiger partial charge in [0, 0.05) is 11.4 Å². The third-order valence-electron chi connectivity index (χ3n) is 2.88. The first-order valence-electron chi connectivity index (χ1n) is 5.20. The topological polar surface area (TPSA) is 3.24 Å². The van der Waals surface area contributed by atoms with E-state index in [0.29, 0.717) is 0 Å². The van der Waals surface area contributed by atoms with Crippen LogP contribution in [0.3, 0.4) is 0 Å². The molecule has 3 heteroatoms. The largest absolute Gasteiger partial charge is 0.298 e. The highest BCUT2D eigenvalue weighted by atomic mass is 35.5. The molecule has 1 nitrogen and oxygen atoms in total.